The zero-order valence-electron chi connectivity index (χ0n) is 12.7. The fraction of sp³-hybridized carbons (Fsp3) is 0.333. The number of nitrogens with zero attached hydrogens (tertiary/aromatic N) is 2. The number of hydrogen-bond acceptors (Lipinski definition) is 4. The SMILES string of the molecule is CC(C)N1C(=O)C(=O)N(CC(=O)NCc2ccc(Cl)cc2)C1=O. The Morgan fingerprint density at radius 3 is 2.26 bits per heavy atom. The van der Waals surface area contributed by atoms with E-state index in [2.05, 4.69) is 5.32 Å². The largest absolute Gasteiger partial charge is 0.350 e. The van der Waals surface area contributed by atoms with Crippen molar-refractivity contribution in [2.24, 2.45) is 0 Å². The molecule has 0 spiro atoms. The van der Waals surface area contributed by atoms with Gasteiger partial charge in [-0.3, -0.25) is 19.3 Å². The highest BCUT2D eigenvalue weighted by Crippen LogP contribution is 2.15. The summed E-state index contributed by atoms with van der Waals surface area (Å²) in [5, 5.41) is 3.17. The molecule has 1 saturated heterocycles. The molecule has 2 rings (SSSR count). The Labute approximate surface area is 138 Å². The molecule has 8 heteroatoms. The van der Waals surface area contributed by atoms with E-state index >= 15 is 0 Å². The van der Waals surface area contributed by atoms with Crippen LogP contribution in [0.5, 0.6) is 0 Å². The second-order valence-electron chi connectivity index (χ2n) is 5.35. The van der Waals surface area contributed by atoms with Crippen LogP contribution in [0.25, 0.3) is 0 Å². The molecule has 0 saturated carbocycles. The summed E-state index contributed by atoms with van der Waals surface area (Å²) in [5.41, 5.74) is 0.821. The molecule has 1 aliphatic rings. The highest BCUT2D eigenvalue weighted by molar-refractivity contribution is 6.45. The average molecular weight is 338 g/mol. The van der Waals surface area contributed by atoms with E-state index in [9.17, 15) is 19.2 Å². The van der Waals surface area contributed by atoms with Gasteiger partial charge in [0.25, 0.3) is 0 Å². The zero-order valence-corrected chi connectivity index (χ0v) is 13.5. The molecule has 122 valence electrons. The number of halogens is 1. The van der Waals surface area contributed by atoms with Gasteiger partial charge < -0.3 is 5.32 Å². The molecule has 1 aromatic rings. The lowest BCUT2D eigenvalue weighted by molar-refractivity contribution is -0.144. The minimum atomic E-state index is -0.981. The van der Waals surface area contributed by atoms with Gasteiger partial charge >= 0.3 is 17.8 Å². The summed E-state index contributed by atoms with van der Waals surface area (Å²) < 4.78 is 0. The number of benzene rings is 1. The van der Waals surface area contributed by atoms with Crippen molar-refractivity contribution in [2.75, 3.05) is 6.54 Å². The third-order valence-electron chi connectivity index (χ3n) is 3.30. The summed E-state index contributed by atoms with van der Waals surface area (Å²) in [4.78, 5) is 49.0. The van der Waals surface area contributed by atoms with Gasteiger partial charge in [-0.25, -0.2) is 9.69 Å². The molecule has 1 aromatic carbocycles. The topological polar surface area (TPSA) is 86.8 Å². The van der Waals surface area contributed by atoms with Crippen LogP contribution in [-0.4, -0.2) is 46.1 Å². The Balaban J connectivity index is 1.95. The quantitative estimate of drug-likeness (QED) is 0.645. The Morgan fingerprint density at radius 1 is 1.13 bits per heavy atom. The molecule has 1 aliphatic heterocycles. The van der Waals surface area contributed by atoms with Crippen LogP contribution in [0.1, 0.15) is 19.4 Å². The predicted octanol–water partition coefficient (Wildman–Crippen LogP) is 1.16. The first-order valence-corrected chi connectivity index (χ1v) is 7.39. The highest BCUT2D eigenvalue weighted by Gasteiger charge is 2.46. The molecule has 23 heavy (non-hydrogen) atoms. The Hall–Kier alpha value is -2.41. The van der Waals surface area contributed by atoms with Crippen LogP contribution in [0.2, 0.25) is 5.02 Å². The molecule has 0 unspecified atom stereocenters. The minimum Gasteiger partial charge on any atom is -0.350 e. The molecular weight excluding hydrogens is 322 g/mol. The van der Waals surface area contributed by atoms with Crippen LogP contribution < -0.4 is 5.32 Å². The van der Waals surface area contributed by atoms with Crippen LogP contribution >= 0.6 is 11.6 Å². The number of nitrogens with one attached hydrogen (secondary N) is 1. The first kappa shape index (κ1) is 17.0. The van der Waals surface area contributed by atoms with Crippen LogP contribution in [0.3, 0.4) is 0 Å². The van der Waals surface area contributed by atoms with Gasteiger partial charge in [-0.15, -0.1) is 0 Å². The maximum absolute atomic E-state index is 12.0. The fourth-order valence-electron chi connectivity index (χ4n) is 2.12. The lowest BCUT2D eigenvalue weighted by atomic mass is 10.2. The lowest BCUT2D eigenvalue weighted by Crippen LogP contribution is -2.42. The molecule has 0 radical (unpaired) electrons. The van der Waals surface area contributed by atoms with Gasteiger partial charge in [-0.05, 0) is 31.5 Å². The predicted molar refractivity (Wildman–Crippen MR) is 82.4 cm³/mol. The van der Waals surface area contributed by atoms with E-state index in [0.717, 1.165) is 10.5 Å². The number of hydrogen-bond donors (Lipinski definition) is 1. The van der Waals surface area contributed by atoms with E-state index in [1.54, 1.807) is 38.1 Å². The maximum Gasteiger partial charge on any atom is 0.334 e. The first-order valence-electron chi connectivity index (χ1n) is 7.01. The van der Waals surface area contributed by atoms with E-state index in [1.165, 1.54) is 0 Å². The standard InChI is InChI=1S/C15H16ClN3O4/c1-9(2)19-14(22)13(21)18(15(19)23)8-12(20)17-7-10-3-5-11(16)6-4-10/h3-6,9H,7-8H2,1-2H3,(H,17,20). The lowest BCUT2D eigenvalue weighted by Gasteiger charge is -2.18. The molecule has 0 atom stereocenters. The molecule has 1 N–H and O–H groups in total. The van der Waals surface area contributed by atoms with E-state index in [1.807, 2.05) is 0 Å². The summed E-state index contributed by atoms with van der Waals surface area (Å²) in [6, 6.07) is 5.67. The molecule has 1 fully saturated rings. The number of rotatable bonds is 5. The van der Waals surface area contributed by atoms with Gasteiger partial charge in [0.15, 0.2) is 0 Å². The van der Waals surface area contributed by atoms with Crippen molar-refractivity contribution in [3.05, 3.63) is 34.9 Å². The van der Waals surface area contributed by atoms with Crippen LogP contribution in [0.4, 0.5) is 4.79 Å². The van der Waals surface area contributed by atoms with Crippen molar-refractivity contribution in [3.63, 3.8) is 0 Å². The monoisotopic (exact) mass is 337 g/mol. The Bertz CT molecular complexity index is 657. The van der Waals surface area contributed by atoms with Gasteiger partial charge in [-0.1, -0.05) is 23.7 Å². The molecule has 5 amide bonds. The molecule has 7 nitrogen and oxygen atoms in total. The van der Waals surface area contributed by atoms with Gasteiger partial charge in [-0.2, -0.15) is 0 Å². The van der Waals surface area contributed by atoms with E-state index < -0.39 is 36.3 Å². The molecule has 0 aromatic heterocycles. The van der Waals surface area contributed by atoms with Crippen LogP contribution in [0, 0.1) is 0 Å². The average Bonchev–Trinajstić information content (AvgIpc) is 2.70. The number of amides is 5. The maximum atomic E-state index is 12.0. The number of urea groups is 1. The number of carbonyl (C=O) groups excluding carboxylic acids is 4. The van der Waals surface area contributed by atoms with Crippen LogP contribution in [0.15, 0.2) is 24.3 Å². The summed E-state index contributed by atoms with van der Waals surface area (Å²) >= 11 is 5.77. The van der Waals surface area contributed by atoms with Gasteiger partial charge in [0.05, 0.1) is 0 Å². The number of imide groups is 2. The third kappa shape index (κ3) is 3.68. The molecular formula is C15H16ClN3O4. The fourth-order valence-corrected chi connectivity index (χ4v) is 2.25. The summed E-state index contributed by atoms with van der Waals surface area (Å²) in [5.74, 6) is -2.42. The summed E-state index contributed by atoms with van der Waals surface area (Å²) in [6.07, 6.45) is 0. The second-order valence-corrected chi connectivity index (χ2v) is 5.78. The van der Waals surface area contributed by atoms with Crippen molar-refractivity contribution < 1.29 is 19.2 Å². The third-order valence-corrected chi connectivity index (χ3v) is 3.56. The van der Waals surface area contributed by atoms with Crippen molar-refractivity contribution >= 4 is 35.4 Å². The molecule has 1 heterocycles. The summed E-state index contributed by atoms with van der Waals surface area (Å²) in [6.45, 7) is 2.98. The van der Waals surface area contributed by atoms with E-state index in [4.69, 9.17) is 11.6 Å². The first-order chi connectivity index (χ1) is 10.8. The zero-order chi connectivity index (χ0) is 17.1. The smallest absolute Gasteiger partial charge is 0.334 e. The second kappa shape index (κ2) is 6.78. The number of carbonyl (C=O) groups is 4. The van der Waals surface area contributed by atoms with E-state index in [-0.39, 0.29) is 6.54 Å². The van der Waals surface area contributed by atoms with Crippen molar-refractivity contribution in [2.45, 2.75) is 26.4 Å². The van der Waals surface area contributed by atoms with Gasteiger partial charge in [0.2, 0.25) is 5.91 Å². The summed E-state index contributed by atoms with van der Waals surface area (Å²) in [7, 11) is 0. The van der Waals surface area contributed by atoms with Gasteiger partial charge in [0.1, 0.15) is 6.54 Å². The minimum absolute atomic E-state index is 0.230. The van der Waals surface area contributed by atoms with Crippen LogP contribution in [-0.2, 0) is 20.9 Å². The van der Waals surface area contributed by atoms with Crippen molar-refractivity contribution in [1.82, 2.24) is 15.1 Å². The Morgan fingerprint density at radius 2 is 1.74 bits per heavy atom. The van der Waals surface area contributed by atoms with Gasteiger partial charge in [0, 0.05) is 17.6 Å². The Kier molecular flexibility index (Phi) is 5.00. The normalized spacial score (nSPS) is 14.9. The molecule has 0 bridgehead atoms. The van der Waals surface area contributed by atoms with Crippen molar-refractivity contribution in [1.29, 1.82) is 0 Å². The molecule has 0 aliphatic carbocycles. The van der Waals surface area contributed by atoms with E-state index in [0.29, 0.717) is 9.92 Å². The highest BCUT2D eigenvalue weighted by atomic mass is 35.5. The van der Waals surface area contributed by atoms with Crippen molar-refractivity contribution in [3.8, 4) is 0 Å².